The van der Waals surface area contributed by atoms with E-state index in [1.165, 1.54) is 6.08 Å². The summed E-state index contributed by atoms with van der Waals surface area (Å²) in [7, 11) is 0. The number of aliphatic hydroxyl groups is 1. The van der Waals surface area contributed by atoms with Crippen molar-refractivity contribution in [2.24, 2.45) is 11.8 Å². The summed E-state index contributed by atoms with van der Waals surface area (Å²) < 4.78 is 39.2. The molecule has 4 unspecified atom stereocenters. The maximum Gasteiger partial charge on any atom is 0.306 e. The Balaban J connectivity index is 1.66. The van der Waals surface area contributed by atoms with Gasteiger partial charge in [0.25, 0.3) is 5.92 Å². The third kappa shape index (κ3) is 5.64. The molecular formula is C22H26F2O4. The number of hydrogen-bond donors (Lipinski definition) is 1. The number of fused-ring (bicyclic) bond motifs is 1. The second-order valence-corrected chi connectivity index (χ2v) is 7.39. The van der Waals surface area contributed by atoms with Gasteiger partial charge in [-0.3, -0.25) is 4.79 Å². The van der Waals surface area contributed by atoms with Gasteiger partial charge < -0.3 is 14.6 Å². The summed E-state index contributed by atoms with van der Waals surface area (Å²) in [5.41, 5.74) is 0. The molecule has 6 heteroatoms. The van der Waals surface area contributed by atoms with Crippen LogP contribution in [0.4, 0.5) is 8.78 Å². The molecule has 0 radical (unpaired) electrons. The minimum absolute atomic E-state index is 0.213. The Labute approximate surface area is 163 Å². The van der Waals surface area contributed by atoms with E-state index in [4.69, 9.17) is 9.47 Å². The summed E-state index contributed by atoms with van der Waals surface area (Å²) in [6.45, 7) is -0.778. The fourth-order valence-electron chi connectivity index (χ4n) is 3.78. The normalized spacial score (nSPS) is 28.8. The zero-order chi connectivity index (χ0) is 20.0. The van der Waals surface area contributed by atoms with Crippen molar-refractivity contribution in [3.8, 4) is 5.75 Å². The van der Waals surface area contributed by atoms with Gasteiger partial charge in [-0.05, 0) is 37.5 Å². The van der Waals surface area contributed by atoms with Crippen molar-refractivity contribution < 1.29 is 28.2 Å². The van der Waals surface area contributed by atoms with Gasteiger partial charge in [0.2, 0.25) is 0 Å². The Hall–Kier alpha value is -2.21. The van der Waals surface area contributed by atoms with Gasteiger partial charge in [0.05, 0.1) is 6.10 Å². The van der Waals surface area contributed by atoms with E-state index in [2.05, 4.69) is 0 Å². The van der Waals surface area contributed by atoms with Gasteiger partial charge in [0, 0.05) is 24.7 Å². The van der Waals surface area contributed by atoms with E-state index in [0.29, 0.717) is 18.6 Å². The van der Waals surface area contributed by atoms with Crippen LogP contribution in [0.1, 0.15) is 32.1 Å². The Kier molecular flexibility index (Phi) is 6.83. The Morgan fingerprint density at radius 2 is 2.04 bits per heavy atom. The summed E-state index contributed by atoms with van der Waals surface area (Å²) in [6, 6.07) is 8.44. The van der Waals surface area contributed by atoms with Gasteiger partial charge in [0.1, 0.15) is 11.9 Å². The molecule has 0 aromatic heterocycles. The molecule has 1 N–H and O–H groups in total. The van der Waals surface area contributed by atoms with Gasteiger partial charge in [-0.15, -0.1) is 0 Å². The van der Waals surface area contributed by atoms with Crippen LogP contribution >= 0.6 is 0 Å². The highest BCUT2D eigenvalue weighted by Gasteiger charge is 2.43. The van der Waals surface area contributed by atoms with Crippen molar-refractivity contribution in [3.05, 3.63) is 54.6 Å². The van der Waals surface area contributed by atoms with Crippen molar-refractivity contribution >= 4 is 5.97 Å². The van der Waals surface area contributed by atoms with Gasteiger partial charge in [-0.2, -0.15) is 8.78 Å². The average molecular weight is 392 g/mol. The van der Waals surface area contributed by atoms with Crippen LogP contribution in [0.25, 0.3) is 0 Å². The van der Waals surface area contributed by atoms with Crippen molar-refractivity contribution in [1.29, 1.82) is 0 Å². The molecule has 1 aromatic rings. The van der Waals surface area contributed by atoms with Gasteiger partial charge >= 0.3 is 5.97 Å². The monoisotopic (exact) mass is 392 g/mol. The van der Waals surface area contributed by atoms with Crippen molar-refractivity contribution in [3.63, 3.8) is 0 Å². The van der Waals surface area contributed by atoms with E-state index >= 15 is 0 Å². The minimum atomic E-state index is -3.17. The number of hydrogen-bond acceptors (Lipinski definition) is 4. The largest absolute Gasteiger partial charge is 0.487 e. The molecule has 1 aromatic carbocycles. The van der Waals surface area contributed by atoms with E-state index in [9.17, 15) is 18.7 Å². The van der Waals surface area contributed by atoms with Crippen LogP contribution in [0.15, 0.2) is 54.6 Å². The summed E-state index contributed by atoms with van der Waals surface area (Å²) >= 11 is 0. The number of carbonyl (C=O) groups excluding carboxylic acids is 1. The SMILES string of the molecule is O=C1CCCC=CCC2C(CC(O)C2C=CC(F)(F)COc2ccccc2)O1. The molecular weight excluding hydrogens is 366 g/mol. The molecule has 152 valence electrons. The van der Waals surface area contributed by atoms with E-state index in [-0.39, 0.29) is 18.3 Å². The maximum atomic E-state index is 14.2. The number of benzene rings is 1. The quantitative estimate of drug-likeness (QED) is 0.600. The second-order valence-electron chi connectivity index (χ2n) is 7.39. The number of aliphatic hydroxyl groups excluding tert-OH is 1. The van der Waals surface area contributed by atoms with Crippen LogP contribution < -0.4 is 4.74 Å². The fraction of sp³-hybridized carbons (Fsp3) is 0.500. The first-order valence-electron chi connectivity index (χ1n) is 9.72. The predicted octanol–water partition coefficient (Wildman–Crippen LogP) is 4.30. The lowest BCUT2D eigenvalue weighted by Crippen LogP contribution is -2.27. The summed E-state index contributed by atoms with van der Waals surface area (Å²) in [6.07, 6.45) is 7.58. The predicted molar refractivity (Wildman–Crippen MR) is 101 cm³/mol. The van der Waals surface area contributed by atoms with Crippen LogP contribution in [0.3, 0.4) is 0 Å². The zero-order valence-corrected chi connectivity index (χ0v) is 15.7. The van der Waals surface area contributed by atoms with Crippen LogP contribution in [0.5, 0.6) is 5.75 Å². The van der Waals surface area contributed by atoms with Crippen LogP contribution in [0.2, 0.25) is 0 Å². The number of esters is 1. The Morgan fingerprint density at radius 1 is 1.25 bits per heavy atom. The number of halogens is 2. The van der Waals surface area contributed by atoms with Crippen LogP contribution in [0, 0.1) is 11.8 Å². The molecule has 4 atom stereocenters. The van der Waals surface area contributed by atoms with Crippen molar-refractivity contribution in [1.82, 2.24) is 0 Å². The minimum Gasteiger partial charge on any atom is -0.487 e. The highest BCUT2D eigenvalue weighted by molar-refractivity contribution is 5.69. The van der Waals surface area contributed by atoms with Gasteiger partial charge in [-0.25, -0.2) is 0 Å². The fourth-order valence-corrected chi connectivity index (χ4v) is 3.78. The maximum absolute atomic E-state index is 14.2. The molecule has 1 heterocycles. The zero-order valence-electron chi connectivity index (χ0n) is 15.7. The summed E-state index contributed by atoms with van der Waals surface area (Å²) in [4.78, 5) is 11.9. The molecule has 28 heavy (non-hydrogen) atoms. The summed E-state index contributed by atoms with van der Waals surface area (Å²) in [5, 5.41) is 10.4. The molecule has 0 bridgehead atoms. The topological polar surface area (TPSA) is 55.8 Å². The van der Waals surface area contributed by atoms with Crippen molar-refractivity contribution in [2.75, 3.05) is 6.61 Å². The highest BCUT2D eigenvalue weighted by atomic mass is 19.3. The van der Waals surface area contributed by atoms with E-state index < -0.39 is 30.7 Å². The molecule has 1 aliphatic carbocycles. The Bertz CT molecular complexity index is 702. The number of rotatable bonds is 5. The number of ether oxygens (including phenoxy) is 2. The molecule has 3 rings (SSSR count). The van der Waals surface area contributed by atoms with E-state index in [0.717, 1.165) is 18.9 Å². The first-order chi connectivity index (χ1) is 13.4. The number of para-hydroxylation sites is 1. The molecule has 0 saturated heterocycles. The average Bonchev–Trinajstić information content (AvgIpc) is 2.96. The second kappa shape index (κ2) is 9.32. The lowest BCUT2D eigenvalue weighted by molar-refractivity contribution is -0.151. The number of carbonyl (C=O) groups is 1. The molecule has 1 saturated carbocycles. The van der Waals surface area contributed by atoms with E-state index in [1.807, 2.05) is 12.2 Å². The Morgan fingerprint density at radius 3 is 2.82 bits per heavy atom. The molecule has 4 nitrogen and oxygen atoms in total. The lowest BCUT2D eigenvalue weighted by atomic mass is 9.89. The number of allylic oxidation sites excluding steroid dienone is 2. The number of alkyl halides is 2. The van der Waals surface area contributed by atoms with Gasteiger partial charge in [-0.1, -0.05) is 36.4 Å². The highest BCUT2D eigenvalue weighted by Crippen LogP contribution is 2.39. The molecule has 0 spiro atoms. The van der Waals surface area contributed by atoms with E-state index in [1.54, 1.807) is 30.3 Å². The standard InChI is InChI=1S/C22H26F2O4/c23-22(24,15-27-16-8-4-3-5-9-16)13-12-17-18-10-6-1-2-7-11-21(26)28-20(18)14-19(17)25/h1,3-6,8-9,12-13,17-20,25H,2,7,10-11,14-15H2. The first kappa shape index (κ1) is 20.5. The molecule has 2 aliphatic rings. The summed E-state index contributed by atoms with van der Waals surface area (Å²) in [5.74, 6) is -3.79. The van der Waals surface area contributed by atoms with Crippen LogP contribution in [-0.4, -0.2) is 35.8 Å². The van der Waals surface area contributed by atoms with Crippen molar-refractivity contribution in [2.45, 2.75) is 50.2 Å². The lowest BCUT2D eigenvalue weighted by Gasteiger charge is -2.23. The third-order valence-corrected chi connectivity index (χ3v) is 5.24. The molecule has 0 amide bonds. The van der Waals surface area contributed by atoms with Gasteiger partial charge in [0.15, 0.2) is 6.61 Å². The molecule has 1 fully saturated rings. The first-order valence-corrected chi connectivity index (χ1v) is 9.72. The molecule has 1 aliphatic heterocycles. The third-order valence-electron chi connectivity index (χ3n) is 5.24. The smallest absolute Gasteiger partial charge is 0.306 e. The van der Waals surface area contributed by atoms with Crippen LogP contribution in [-0.2, 0) is 9.53 Å².